The summed E-state index contributed by atoms with van der Waals surface area (Å²) in [7, 11) is 0. The summed E-state index contributed by atoms with van der Waals surface area (Å²) in [5.74, 6) is 2.27. The molecule has 0 radical (unpaired) electrons. The summed E-state index contributed by atoms with van der Waals surface area (Å²) in [6.45, 7) is 0. The molecule has 1 N–H and O–H groups in total. The normalized spacial score (nSPS) is 9.15. The van der Waals surface area contributed by atoms with Crippen molar-refractivity contribution in [2.45, 2.75) is 12.8 Å². The molecule has 0 heterocycles. The van der Waals surface area contributed by atoms with Crippen LogP contribution in [0, 0.1) is 12.3 Å². The quantitative estimate of drug-likeness (QED) is 0.686. The van der Waals surface area contributed by atoms with E-state index in [-0.39, 0.29) is 11.2 Å². The SMILES string of the molecule is C#CCCc1cccc(O)c(=O)c1. The average Bonchev–Trinajstić information content (AvgIpc) is 2.26. The van der Waals surface area contributed by atoms with Gasteiger partial charge in [-0.1, -0.05) is 12.1 Å². The Balaban J connectivity index is 3.01. The molecular formula is C11H10O2. The van der Waals surface area contributed by atoms with E-state index in [1.807, 2.05) is 0 Å². The van der Waals surface area contributed by atoms with Crippen molar-refractivity contribution in [3.8, 4) is 18.1 Å². The minimum Gasteiger partial charge on any atom is -0.504 e. The Morgan fingerprint density at radius 2 is 2.23 bits per heavy atom. The highest BCUT2D eigenvalue weighted by Gasteiger charge is 1.94. The van der Waals surface area contributed by atoms with E-state index in [4.69, 9.17) is 11.5 Å². The third-order valence-electron chi connectivity index (χ3n) is 1.69. The second kappa shape index (κ2) is 4.32. The Bertz CT molecular complexity index is 388. The summed E-state index contributed by atoms with van der Waals surface area (Å²) in [5, 5.41) is 9.08. The van der Waals surface area contributed by atoms with Crippen molar-refractivity contribution < 1.29 is 5.11 Å². The second-order valence-electron chi connectivity index (χ2n) is 2.70. The molecule has 0 atom stereocenters. The van der Waals surface area contributed by atoms with Gasteiger partial charge in [-0.25, -0.2) is 0 Å². The summed E-state index contributed by atoms with van der Waals surface area (Å²) >= 11 is 0. The average molecular weight is 174 g/mol. The second-order valence-corrected chi connectivity index (χ2v) is 2.70. The lowest BCUT2D eigenvalue weighted by Gasteiger charge is -1.89. The minimum atomic E-state index is -0.364. The number of rotatable bonds is 2. The van der Waals surface area contributed by atoms with Gasteiger partial charge in [-0.05, 0) is 24.1 Å². The van der Waals surface area contributed by atoms with Crippen molar-refractivity contribution >= 4 is 0 Å². The van der Waals surface area contributed by atoms with E-state index in [1.165, 1.54) is 12.1 Å². The monoisotopic (exact) mass is 174 g/mol. The number of terminal acetylenes is 1. The highest BCUT2D eigenvalue weighted by Crippen LogP contribution is 2.02. The molecule has 2 nitrogen and oxygen atoms in total. The van der Waals surface area contributed by atoms with Gasteiger partial charge >= 0.3 is 0 Å². The first-order valence-electron chi connectivity index (χ1n) is 3.99. The van der Waals surface area contributed by atoms with Gasteiger partial charge in [0.15, 0.2) is 5.75 Å². The van der Waals surface area contributed by atoms with E-state index in [0.29, 0.717) is 12.8 Å². The molecule has 0 fully saturated rings. The van der Waals surface area contributed by atoms with Gasteiger partial charge in [-0.3, -0.25) is 4.79 Å². The molecule has 1 rings (SSSR count). The zero-order valence-electron chi connectivity index (χ0n) is 7.16. The summed E-state index contributed by atoms with van der Waals surface area (Å²) in [4.78, 5) is 11.1. The predicted octanol–water partition coefficient (Wildman–Crippen LogP) is 1.32. The summed E-state index contributed by atoms with van der Waals surface area (Å²) < 4.78 is 0. The molecule has 2 heteroatoms. The third kappa shape index (κ3) is 2.64. The third-order valence-corrected chi connectivity index (χ3v) is 1.69. The van der Waals surface area contributed by atoms with Crippen molar-refractivity contribution in [3.05, 3.63) is 40.1 Å². The first-order valence-corrected chi connectivity index (χ1v) is 3.99. The Kier molecular flexibility index (Phi) is 3.10. The Morgan fingerprint density at radius 3 is 2.92 bits per heavy atom. The molecule has 0 amide bonds. The molecule has 0 saturated heterocycles. The van der Waals surface area contributed by atoms with Crippen LogP contribution in [0.25, 0.3) is 0 Å². The molecule has 66 valence electrons. The van der Waals surface area contributed by atoms with Crippen LogP contribution in [0.1, 0.15) is 12.0 Å². The zero-order chi connectivity index (χ0) is 9.68. The van der Waals surface area contributed by atoms with Gasteiger partial charge < -0.3 is 5.11 Å². The minimum absolute atomic E-state index is 0.230. The highest BCUT2D eigenvalue weighted by molar-refractivity contribution is 5.24. The van der Waals surface area contributed by atoms with Gasteiger partial charge in [-0.15, -0.1) is 12.3 Å². The lowest BCUT2D eigenvalue weighted by atomic mass is 10.2. The maximum atomic E-state index is 11.1. The molecule has 1 aromatic rings. The van der Waals surface area contributed by atoms with Crippen LogP contribution in [-0.2, 0) is 6.42 Å². The molecule has 0 aliphatic carbocycles. The summed E-state index contributed by atoms with van der Waals surface area (Å²) in [6.07, 6.45) is 6.37. The van der Waals surface area contributed by atoms with Crippen molar-refractivity contribution in [2.75, 3.05) is 0 Å². The summed E-state index contributed by atoms with van der Waals surface area (Å²) in [6, 6.07) is 6.20. The fraction of sp³-hybridized carbons (Fsp3) is 0.182. The molecule has 13 heavy (non-hydrogen) atoms. The van der Waals surface area contributed by atoms with Crippen LogP contribution in [0.4, 0.5) is 0 Å². The van der Waals surface area contributed by atoms with Crippen LogP contribution in [0.5, 0.6) is 5.75 Å². The molecule has 0 saturated carbocycles. The van der Waals surface area contributed by atoms with Crippen LogP contribution in [0.15, 0.2) is 29.1 Å². The zero-order valence-corrected chi connectivity index (χ0v) is 7.16. The smallest absolute Gasteiger partial charge is 0.220 e. The number of hydrogen-bond donors (Lipinski definition) is 1. The van der Waals surface area contributed by atoms with E-state index in [2.05, 4.69) is 5.92 Å². The molecule has 0 aliphatic heterocycles. The number of aryl methyl sites for hydroxylation is 1. The van der Waals surface area contributed by atoms with Gasteiger partial charge in [0, 0.05) is 6.42 Å². The van der Waals surface area contributed by atoms with Crippen LogP contribution < -0.4 is 5.43 Å². The Morgan fingerprint density at radius 1 is 1.46 bits per heavy atom. The van der Waals surface area contributed by atoms with Crippen molar-refractivity contribution in [1.82, 2.24) is 0 Å². The van der Waals surface area contributed by atoms with Crippen molar-refractivity contribution in [1.29, 1.82) is 0 Å². The molecule has 0 aromatic heterocycles. The van der Waals surface area contributed by atoms with Crippen LogP contribution in [-0.4, -0.2) is 5.11 Å². The standard InChI is InChI=1S/C11H10O2/c1-2-3-5-9-6-4-7-10(12)11(13)8-9/h1,4,6-8H,3,5H2,(H,12,13). The molecule has 0 spiro atoms. The van der Waals surface area contributed by atoms with E-state index in [1.54, 1.807) is 12.1 Å². The van der Waals surface area contributed by atoms with Gasteiger partial charge in [0.25, 0.3) is 0 Å². The van der Waals surface area contributed by atoms with E-state index >= 15 is 0 Å². The Labute approximate surface area is 76.9 Å². The maximum absolute atomic E-state index is 11.1. The van der Waals surface area contributed by atoms with Crippen molar-refractivity contribution in [2.24, 2.45) is 0 Å². The summed E-state index contributed by atoms with van der Waals surface area (Å²) in [5.41, 5.74) is 0.486. The number of hydrogen-bond acceptors (Lipinski definition) is 2. The molecule has 0 bridgehead atoms. The molecule has 1 aromatic carbocycles. The fourth-order valence-corrected chi connectivity index (χ4v) is 1.01. The molecule has 0 unspecified atom stereocenters. The van der Waals surface area contributed by atoms with Gasteiger partial charge in [0.2, 0.25) is 5.43 Å². The number of aromatic hydroxyl groups is 1. The fourth-order valence-electron chi connectivity index (χ4n) is 1.01. The van der Waals surface area contributed by atoms with Gasteiger partial charge in [0.05, 0.1) is 0 Å². The van der Waals surface area contributed by atoms with Gasteiger partial charge in [-0.2, -0.15) is 0 Å². The van der Waals surface area contributed by atoms with Gasteiger partial charge in [0.1, 0.15) is 0 Å². The molecule has 0 aliphatic rings. The first-order chi connectivity index (χ1) is 6.24. The van der Waals surface area contributed by atoms with Crippen LogP contribution in [0.3, 0.4) is 0 Å². The van der Waals surface area contributed by atoms with E-state index in [9.17, 15) is 4.79 Å². The lowest BCUT2D eigenvalue weighted by molar-refractivity contribution is 0.471. The van der Waals surface area contributed by atoms with Crippen molar-refractivity contribution in [3.63, 3.8) is 0 Å². The Hall–Kier alpha value is -1.75. The van der Waals surface area contributed by atoms with E-state index < -0.39 is 0 Å². The first kappa shape index (κ1) is 9.34. The van der Waals surface area contributed by atoms with Crippen LogP contribution in [0.2, 0.25) is 0 Å². The highest BCUT2D eigenvalue weighted by atomic mass is 16.3. The lowest BCUT2D eigenvalue weighted by Crippen LogP contribution is -1.95. The topological polar surface area (TPSA) is 37.3 Å². The maximum Gasteiger partial charge on any atom is 0.220 e. The van der Waals surface area contributed by atoms with E-state index in [0.717, 1.165) is 5.56 Å². The van der Waals surface area contributed by atoms with Crippen LogP contribution >= 0.6 is 0 Å². The predicted molar refractivity (Wildman–Crippen MR) is 51.5 cm³/mol. The molecular weight excluding hydrogens is 164 g/mol. The largest absolute Gasteiger partial charge is 0.504 e.